The average molecular weight is 299 g/mol. The predicted molar refractivity (Wildman–Crippen MR) is 80.1 cm³/mol. The first-order valence-electron chi connectivity index (χ1n) is 7.21. The van der Waals surface area contributed by atoms with E-state index in [1.54, 1.807) is 0 Å². The molecule has 0 bridgehead atoms. The molecule has 1 amide bonds. The van der Waals surface area contributed by atoms with Gasteiger partial charge in [-0.15, -0.1) is 12.4 Å². The minimum atomic E-state index is 0. The summed E-state index contributed by atoms with van der Waals surface area (Å²) in [5, 5.41) is 10.6. The highest BCUT2D eigenvalue weighted by molar-refractivity contribution is 5.94. The second-order valence-corrected chi connectivity index (χ2v) is 6.11. The lowest BCUT2D eigenvalue weighted by molar-refractivity contribution is 0.0616. The summed E-state index contributed by atoms with van der Waals surface area (Å²) >= 11 is 0. The molecule has 20 heavy (non-hydrogen) atoms. The van der Waals surface area contributed by atoms with Crippen molar-refractivity contribution in [3.05, 3.63) is 17.0 Å². The van der Waals surface area contributed by atoms with Crippen molar-refractivity contribution in [3.8, 4) is 0 Å². The molecule has 1 saturated heterocycles. The number of aromatic amines is 1. The van der Waals surface area contributed by atoms with Gasteiger partial charge in [0.1, 0.15) is 0 Å². The van der Waals surface area contributed by atoms with Crippen LogP contribution >= 0.6 is 12.4 Å². The monoisotopic (exact) mass is 298 g/mol. The fourth-order valence-corrected chi connectivity index (χ4v) is 3.38. The van der Waals surface area contributed by atoms with Gasteiger partial charge in [-0.3, -0.25) is 9.89 Å². The van der Waals surface area contributed by atoms with E-state index in [4.69, 9.17) is 0 Å². The minimum absolute atomic E-state index is 0. The zero-order chi connectivity index (χ0) is 13.4. The lowest BCUT2D eigenvalue weighted by atomic mass is 9.91. The number of aromatic nitrogens is 2. The van der Waals surface area contributed by atoms with E-state index in [0.717, 1.165) is 43.9 Å². The molecule has 0 radical (unpaired) electrons. The molecule has 2 N–H and O–H groups in total. The smallest absolute Gasteiger partial charge is 0.274 e. The van der Waals surface area contributed by atoms with Gasteiger partial charge in [0.2, 0.25) is 0 Å². The summed E-state index contributed by atoms with van der Waals surface area (Å²) in [5.74, 6) is 1.26. The van der Waals surface area contributed by atoms with Crippen molar-refractivity contribution in [2.75, 3.05) is 19.6 Å². The first-order chi connectivity index (χ1) is 9.15. The van der Waals surface area contributed by atoms with E-state index < -0.39 is 0 Å². The van der Waals surface area contributed by atoms with Gasteiger partial charge in [-0.1, -0.05) is 13.8 Å². The number of nitrogens with zero attached hydrogens (tertiary/aromatic N) is 2. The Balaban J connectivity index is 0.00000147. The third-order valence-electron chi connectivity index (χ3n) is 4.16. The number of rotatable bonds is 1. The van der Waals surface area contributed by atoms with Gasteiger partial charge < -0.3 is 10.2 Å². The van der Waals surface area contributed by atoms with Crippen LogP contribution in [-0.2, 0) is 13.0 Å². The van der Waals surface area contributed by atoms with Gasteiger partial charge in [-0.25, -0.2) is 0 Å². The van der Waals surface area contributed by atoms with Gasteiger partial charge >= 0.3 is 0 Å². The number of carbonyl (C=O) groups is 1. The average Bonchev–Trinajstić information content (AvgIpc) is 2.80. The number of fused-ring (bicyclic) bond motifs is 1. The lowest BCUT2D eigenvalue weighted by Gasteiger charge is -2.34. The van der Waals surface area contributed by atoms with Gasteiger partial charge in [0.25, 0.3) is 5.91 Å². The number of H-pyrrole nitrogens is 1. The molecule has 6 heteroatoms. The molecule has 0 spiro atoms. The summed E-state index contributed by atoms with van der Waals surface area (Å²) in [6, 6.07) is 0. The van der Waals surface area contributed by atoms with E-state index in [9.17, 15) is 4.79 Å². The minimum Gasteiger partial charge on any atom is -0.337 e. The highest BCUT2D eigenvalue weighted by atomic mass is 35.5. The number of nitrogens with one attached hydrogen (secondary N) is 2. The Morgan fingerprint density at radius 2 is 2.00 bits per heavy atom. The lowest BCUT2D eigenvalue weighted by Crippen LogP contribution is -2.43. The number of piperidine rings is 1. The number of likely N-dealkylation sites (tertiary alicyclic amines) is 1. The number of hydrogen-bond donors (Lipinski definition) is 2. The van der Waals surface area contributed by atoms with Crippen molar-refractivity contribution in [1.82, 2.24) is 20.4 Å². The second kappa shape index (κ2) is 6.14. The van der Waals surface area contributed by atoms with Crippen molar-refractivity contribution in [2.24, 2.45) is 11.8 Å². The Bertz CT molecular complexity index is 478. The Morgan fingerprint density at radius 3 is 2.70 bits per heavy atom. The first kappa shape index (κ1) is 15.3. The molecule has 5 nitrogen and oxygen atoms in total. The number of amides is 1. The van der Waals surface area contributed by atoms with Crippen LogP contribution in [0.4, 0.5) is 0 Å². The molecular formula is C14H23ClN4O. The molecule has 0 aliphatic carbocycles. The topological polar surface area (TPSA) is 61.0 Å². The molecule has 1 fully saturated rings. The molecule has 2 unspecified atom stereocenters. The highest BCUT2D eigenvalue weighted by Crippen LogP contribution is 2.24. The largest absolute Gasteiger partial charge is 0.337 e. The SMILES string of the molecule is CC1CC(C)CN(C(=O)c2n[nH]c3c2CNCC3)C1.Cl. The summed E-state index contributed by atoms with van der Waals surface area (Å²) in [6.07, 6.45) is 2.15. The summed E-state index contributed by atoms with van der Waals surface area (Å²) in [7, 11) is 0. The number of hydrogen-bond acceptors (Lipinski definition) is 3. The standard InChI is InChI=1S/C14H22N4O.ClH/c1-9-5-10(2)8-18(7-9)14(19)13-11-6-15-4-3-12(11)16-17-13;/h9-10,15H,3-8H2,1-2H3,(H,16,17);1H. The van der Waals surface area contributed by atoms with Gasteiger partial charge in [-0.2, -0.15) is 5.10 Å². The van der Waals surface area contributed by atoms with Crippen LogP contribution in [0.1, 0.15) is 42.0 Å². The normalized spacial score (nSPS) is 25.8. The van der Waals surface area contributed by atoms with Gasteiger partial charge in [-0.05, 0) is 18.3 Å². The Kier molecular flexibility index (Phi) is 4.70. The molecule has 0 saturated carbocycles. The quantitative estimate of drug-likeness (QED) is 0.828. The predicted octanol–water partition coefficient (Wildman–Crippen LogP) is 1.60. The fraction of sp³-hybridized carbons (Fsp3) is 0.714. The molecule has 1 aromatic rings. The maximum Gasteiger partial charge on any atom is 0.274 e. The fourth-order valence-electron chi connectivity index (χ4n) is 3.38. The number of carbonyl (C=O) groups excluding carboxylic acids is 1. The van der Waals surface area contributed by atoms with Crippen LogP contribution < -0.4 is 5.32 Å². The summed E-state index contributed by atoms with van der Waals surface area (Å²) < 4.78 is 0. The molecule has 3 rings (SSSR count). The third-order valence-corrected chi connectivity index (χ3v) is 4.16. The zero-order valence-corrected chi connectivity index (χ0v) is 12.9. The van der Waals surface area contributed by atoms with Crippen LogP contribution in [0.15, 0.2) is 0 Å². The second-order valence-electron chi connectivity index (χ2n) is 6.11. The van der Waals surface area contributed by atoms with Crippen LogP contribution in [0, 0.1) is 11.8 Å². The van der Waals surface area contributed by atoms with Crippen LogP contribution in [0.25, 0.3) is 0 Å². The van der Waals surface area contributed by atoms with Crippen LogP contribution in [0.2, 0.25) is 0 Å². The molecular weight excluding hydrogens is 276 g/mol. The van der Waals surface area contributed by atoms with E-state index in [0.29, 0.717) is 17.5 Å². The molecule has 3 heterocycles. The Hall–Kier alpha value is -1.07. The Labute approximate surface area is 125 Å². The van der Waals surface area contributed by atoms with Crippen molar-refractivity contribution in [3.63, 3.8) is 0 Å². The molecule has 0 aromatic carbocycles. The highest BCUT2D eigenvalue weighted by Gasteiger charge is 2.30. The number of halogens is 1. The van der Waals surface area contributed by atoms with E-state index in [-0.39, 0.29) is 18.3 Å². The first-order valence-corrected chi connectivity index (χ1v) is 7.21. The molecule has 2 atom stereocenters. The molecule has 2 aliphatic rings. The summed E-state index contributed by atoms with van der Waals surface area (Å²) in [6.45, 7) is 7.87. The molecule has 112 valence electrons. The van der Waals surface area contributed by atoms with Crippen molar-refractivity contribution >= 4 is 18.3 Å². The van der Waals surface area contributed by atoms with Crippen LogP contribution in [0.5, 0.6) is 0 Å². The van der Waals surface area contributed by atoms with Gasteiger partial charge in [0, 0.05) is 43.9 Å². The van der Waals surface area contributed by atoms with E-state index in [2.05, 4.69) is 29.4 Å². The van der Waals surface area contributed by atoms with Gasteiger partial charge in [0.15, 0.2) is 5.69 Å². The zero-order valence-electron chi connectivity index (χ0n) is 12.1. The van der Waals surface area contributed by atoms with Crippen molar-refractivity contribution in [1.29, 1.82) is 0 Å². The van der Waals surface area contributed by atoms with Crippen LogP contribution in [-0.4, -0.2) is 40.6 Å². The van der Waals surface area contributed by atoms with Crippen molar-refractivity contribution < 1.29 is 4.79 Å². The summed E-state index contributed by atoms with van der Waals surface area (Å²) in [5.41, 5.74) is 2.82. The van der Waals surface area contributed by atoms with E-state index in [1.807, 2.05) is 4.90 Å². The molecule has 1 aromatic heterocycles. The van der Waals surface area contributed by atoms with Crippen LogP contribution in [0.3, 0.4) is 0 Å². The van der Waals surface area contributed by atoms with E-state index in [1.165, 1.54) is 6.42 Å². The summed E-state index contributed by atoms with van der Waals surface area (Å²) in [4.78, 5) is 14.6. The molecule has 2 aliphatic heterocycles. The third kappa shape index (κ3) is 2.83. The van der Waals surface area contributed by atoms with E-state index >= 15 is 0 Å². The Morgan fingerprint density at radius 1 is 1.30 bits per heavy atom. The maximum atomic E-state index is 12.6. The maximum absolute atomic E-state index is 12.6. The van der Waals surface area contributed by atoms with Crippen molar-refractivity contribution in [2.45, 2.75) is 33.2 Å². The van der Waals surface area contributed by atoms with Gasteiger partial charge in [0.05, 0.1) is 0 Å².